The van der Waals surface area contributed by atoms with Crippen molar-refractivity contribution >= 4 is 23.7 Å². The molecule has 1 saturated heterocycles. The number of rotatable bonds is 4. The summed E-state index contributed by atoms with van der Waals surface area (Å²) >= 11 is 0. The Bertz CT molecular complexity index is 672. The average Bonchev–Trinajstić information content (AvgIpc) is 2.80. The average molecular weight is 330 g/mol. The molecule has 7 heteroatoms. The Balaban J connectivity index is 1.60. The highest BCUT2D eigenvalue weighted by atomic mass is 16.4. The molecule has 7 nitrogen and oxygen atoms in total. The van der Waals surface area contributed by atoms with Gasteiger partial charge in [0, 0.05) is 19.5 Å². The third-order valence-electron chi connectivity index (χ3n) is 4.60. The number of hydrogen-bond donors (Lipinski definition) is 1. The second kappa shape index (κ2) is 6.43. The fourth-order valence-corrected chi connectivity index (χ4v) is 3.25. The Labute approximate surface area is 138 Å². The Morgan fingerprint density at radius 3 is 2.08 bits per heavy atom. The zero-order valence-electron chi connectivity index (χ0n) is 13.1. The van der Waals surface area contributed by atoms with E-state index in [0.29, 0.717) is 37.1 Å². The van der Waals surface area contributed by atoms with Crippen molar-refractivity contribution in [1.82, 2.24) is 9.80 Å². The zero-order valence-corrected chi connectivity index (χ0v) is 13.1. The van der Waals surface area contributed by atoms with E-state index in [1.807, 2.05) is 0 Å². The van der Waals surface area contributed by atoms with E-state index in [1.165, 1.54) is 0 Å². The summed E-state index contributed by atoms with van der Waals surface area (Å²) in [6.45, 7) is 0.649. The predicted molar refractivity (Wildman–Crippen MR) is 83.4 cm³/mol. The number of fused-ring (bicyclic) bond motifs is 1. The lowest BCUT2D eigenvalue weighted by Crippen LogP contribution is -2.45. The topological polar surface area (TPSA) is 95.0 Å². The van der Waals surface area contributed by atoms with Crippen molar-refractivity contribution < 1.29 is 24.3 Å². The Hall–Kier alpha value is -2.70. The lowest BCUT2D eigenvalue weighted by Gasteiger charge is -2.32. The van der Waals surface area contributed by atoms with Crippen LogP contribution in [-0.4, -0.2) is 58.2 Å². The molecule has 0 unspecified atom stereocenters. The molecule has 2 aliphatic heterocycles. The van der Waals surface area contributed by atoms with Gasteiger partial charge in [0.1, 0.15) is 6.54 Å². The van der Waals surface area contributed by atoms with Crippen LogP contribution < -0.4 is 0 Å². The first-order chi connectivity index (χ1) is 11.5. The number of aliphatic carboxylic acids is 1. The van der Waals surface area contributed by atoms with Crippen LogP contribution >= 0.6 is 0 Å². The maximum atomic E-state index is 12.4. The third-order valence-corrected chi connectivity index (χ3v) is 4.60. The molecule has 2 heterocycles. The number of piperidine rings is 1. The zero-order chi connectivity index (χ0) is 17.3. The number of carboxylic acids is 1. The second-order valence-electron chi connectivity index (χ2n) is 6.16. The summed E-state index contributed by atoms with van der Waals surface area (Å²) in [6, 6.07) is 6.53. The predicted octanol–water partition coefficient (Wildman–Crippen LogP) is 0.996. The molecule has 1 aromatic carbocycles. The third kappa shape index (κ3) is 3.02. The molecular formula is C17H18N2O5. The molecule has 2 aliphatic rings. The Morgan fingerprint density at radius 2 is 1.58 bits per heavy atom. The fourth-order valence-electron chi connectivity index (χ4n) is 3.25. The highest BCUT2D eigenvalue weighted by molar-refractivity contribution is 6.22. The van der Waals surface area contributed by atoms with Gasteiger partial charge in [-0.15, -0.1) is 0 Å². The molecule has 126 valence electrons. The van der Waals surface area contributed by atoms with Gasteiger partial charge in [-0.25, -0.2) is 0 Å². The number of carbonyl (C=O) groups is 4. The summed E-state index contributed by atoms with van der Waals surface area (Å²) in [5, 5.41) is 8.81. The lowest BCUT2D eigenvalue weighted by molar-refractivity contribution is -0.138. The van der Waals surface area contributed by atoms with Crippen LogP contribution in [0.2, 0.25) is 0 Å². The van der Waals surface area contributed by atoms with E-state index < -0.39 is 17.8 Å². The Morgan fingerprint density at radius 1 is 1.04 bits per heavy atom. The molecule has 24 heavy (non-hydrogen) atoms. The van der Waals surface area contributed by atoms with Crippen molar-refractivity contribution in [2.75, 3.05) is 19.6 Å². The molecule has 1 fully saturated rings. The molecule has 3 amide bonds. The van der Waals surface area contributed by atoms with Gasteiger partial charge in [0.25, 0.3) is 11.8 Å². The minimum Gasteiger partial charge on any atom is -0.481 e. The summed E-state index contributed by atoms with van der Waals surface area (Å²) in [5.74, 6) is -1.91. The summed E-state index contributed by atoms with van der Waals surface area (Å²) in [5.41, 5.74) is 0.658. The van der Waals surface area contributed by atoms with E-state index in [9.17, 15) is 19.2 Å². The van der Waals surface area contributed by atoms with Gasteiger partial charge in [0.2, 0.25) is 5.91 Å². The standard InChI is InChI=1S/C17H18N2O5/c20-14(18-7-5-11(6-8-18)9-15(21)22)10-19-16(23)12-3-1-2-4-13(12)17(19)24/h1-4,11H,5-10H2,(H,21,22). The van der Waals surface area contributed by atoms with Crippen LogP contribution in [0.3, 0.4) is 0 Å². The lowest BCUT2D eigenvalue weighted by atomic mass is 9.93. The normalized spacial score (nSPS) is 18.0. The van der Waals surface area contributed by atoms with Crippen molar-refractivity contribution in [1.29, 1.82) is 0 Å². The van der Waals surface area contributed by atoms with E-state index in [2.05, 4.69) is 0 Å². The molecule has 0 atom stereocenters. The SMILES string of the molecule is O=C(O)CC1CCN(C(=O)CN2C(=O)c3ccccc3C2=O)CC1. The number of nitrogens with zero attached hydrogens (tertiary/aromatic N) is 2. The van der Waals surface area contributed by atoms with Gasteiger partial charge in [0.15, 0.2) is 0 Å². The van der Waals surface area contributed by atoms with Crippen molar-refractivity contribution in [3.8, 4) is 0 Å². The summed E-state index contributed by atoms with van der Waals surface area (Å²) in [7, 11) is 0. The molecule has 0 bridgehead atoms. The molecule has 1 N–H and O–H groups in total. The van der Waals surface area contributed by atoms with Crippen LogP contribution in [0.5, 0.6) is 0 Å². The van der Waals surface area contributed by atoms with Crippen LogP contribution in [0, 0.1) is 5.92 Å². The van der Waals surface area contributed by atoms with Gasteiger partial charge in [-0.1, -0.05) is 12.1 Å². The molecule has 1 aromatic rings. The van der Waals surface area contributed by atoms with Gasteiger partial charge in [-0.3, -0.25) is 24.1 Å². The molecule has 0 aliphatic carbocycles. The number of carbonyl (C=O) groups excluding carboxylic acids is 3. The van der Waals surface area contributed by atoms with E-state index in [1.54, 1.807) is 29.2 Å². The first-order valence-corrected chi connectivity index (χ1v) is 7.92. The van der Waals surface area contributed by atoms with E-state index in [4.69, 9.17) is 5.11 Å². The van der Waals surface area contributed by atoms with Crippen molar-refractivity contribution in [2.45, 2.75) is 19.3 Å². The summed E-state index contributed by atoms with van der Waals surface area (Å²) in [6.07, 6.45) is 1.36. The van der Waals surface area contributed by atoms with Crippen LogP contribution in [0.1, 0.15) is 40.0 Å². The number of amides is 3. The Kier molecular flexibility index (Phi) is 4.33. The second-order valence-corrected chi connectivity index (χ2v) is 6.16. The maximum absolute atomic E-state index is 12.4. The van der Waals surface area contributed by atoms with Crippen LogP contribution in [0.15, 0.2) is 24.3 Å². The quantitative estimate of drug-likeness (QED) is 0.831. The highest BCUT2D eigenvalue weighted by Crippen LogP contribution is 2.24. The maximum Gasteiger partial charge on any atom is 0.303 e. The van der Waals surface area contributed by atoms with Crippen LogP contribution in [0.25, 0.3) is 0 Å². The van der Waals surface area contributed by atoms with E-state index in [-0.39, 0.29) is 24.8 Å². The number of likely N-dealkylation sites (tertiary alicyclic amines) is 1. The number of hydrogen-bond acceptors (Lipinski definition) is 4. The van der Waals surface area contributed by atoms with Crippen LogP contribution in [0.4, 0.5) is 0 Å². The molecule has 0 radical (unpaired) electrons. The summed E-state index contributed by atoms with van der Waals surface area (Å²) in [4.78, 5) is 50.2. The number of benzene rings is 1. The first-order valence-electron chi connectivity index (χ1n) is 7.92. The van der Waals surface area contributed by atoms with Gasteiger partial charge in [-0.2, -0.15) is 0 Å². The molecule has 3 rings (SSSR count). The van der Waals surface area contributed by atoms with Gasteiger partial charge in [-0.05, 0) is 30.9 Å². The van der Waals surface area contributed by atoms with Gasteiger partial charge in [0.05, 0.1) is 11.1 Å². The highest BCUT2D eigenvalue weighted by Gasteiger charge is 2.37. The van der Waals surface area contributed by atoms with E-state index >= 15 is 0 Å². The van der Waals surface area contributed by atoms with Crippen molar-refractivity contribution in [2.24, 2.45) is 5.92 Å². The first kappa shape index (κ1) is 16.2. The molecule has 0 spiro atoms. The van der Waals surface area contributed by atoms with Crippen molar-refractivity contribution in [3.05, 3.63) is 35.4 Å². The fraction of sp³-hybridized carbons (Fsp3) is 0.412. The minimum absolute atomic E-state index is 0.0749. The minimum atomic E-state index is -0.828. The monoisotopic (exact) mass is 330 g/mol. The molecule has 0 aromatic heterocycles. The van der Waals surface area contributed by atoms with E-state index in [0.717, 1.165) is 4.90 Å². The van der Waals surface area contributed by atoms with Crippen LogP contribution in [-0.2, 0) is 9.59 Å². The van der Waals surface area contributed by atoms with Gasteiger partial charge < -0.3 is 10.0 Å². The summed E-state index contributed by atoms with van der Waals surface area (Å²) < 4.78 is 0. The largest absolute Gasteiger partial charge is 0.481 e. The van der Waals surface area contributed by atoms with Crippen molar-refractivity contribution in [3.63, 3.8) is 0 Å². The molecular weight excluding hydrogens is 312 g/mol. The number of imide groups is 1. The molecule has 0 saturated carbocycles. The number of carboxylic acid groups (broad SMARTS) is 1. The van der Waals surface area contributed by atoms with Gasteiger partial charge >= 0.3 is 5.97 Å². The smallest absolute Gasteiger partial charge is 0.303 e.